The Labute approximate surface area is 294 Å². The van der Waals surface area contributed by atoms with Crippen LogP contribution in [0.1, 0.15) is 22.3 Å². The summed E-state index contributed by atoms with van der Waals surface area (Å²) in [6.45, 7) is 0. The number of benzene rings is 4. The Morgan fingerprint density at radius 2 is 0.851 bits per heavy atom. The van der Waals surface area contributed by atoms with E-state index < -0.39 is 7.02 Å². The third-order valence-corrected chi connectivity index (χ3v) is 13.4. The molecule has 0 N–H and O–H groups in total. The van der Waals surface area contributed by atoms with Gasteiger partial charge in [0.1, 0.15) is 22.6 Å². The monoisotopic (exact) mass is 746 g/mol. The number of hydrogen-bond acceptors (Lipinski definition) is 6. The zero-order valence-corrected chi connectivity index (χ0v) is 28.8. The summed E-state index contributed by atoms with van der Waals surface area (Å²) in [5.74, 6) is 2.48. The van der Waals surface area contributed by atoms with Gasteiger partial charge in [0, 0.05) is 63.9 Å². The zero-order chi connectivity index (χ0) is 31.9. The summed E-state index contributed by atoms with van der Waals surface area (Å²) in [7, 11) is -4.05. The molecular formula is C32H12Cl6N8Si. The minimum absolute atomic E-state index is 0.398. The summed E-state index contributed by atoms with van der Waals surface area (Å²) in [5, 5.41) is 4.82. The average molecular weight is 749 g/mol. The van der Waals surface area contributed by atoms with E-state index in [2.05, 4.69) is 0 Å². The molecule has 6 bridgehead atoms. The number of rotatable bonds is 0. The van der Waals surface area contributed by atoms with E-state index in [1.54, 1.807) is 32.7 Å². The Balaban J connectivity index is 1.51. The smallest absolute Gasteiger partial charge is 0.294 e. The molecule has 0 saturated heterocycles. The summed E-state index contributed by atoms with van der Waals surface area (Å²) >= 11 is 41.8. The van der Waals surface area contributed by atoms with Crippen LogP contribution in [-0.2, 0) is 0 Å². The van der Waals surface area contributed by atoms with Crippen LogP contribution in [0.25, 0.3) is 21.5 Å². The first-order valence-electron chi connectivity index (χ1n) is 14.1. The van der Waals surface area contributed by atoms with E-state index in [1.165, 1.54) is 0 Å². The van der Waals surface area contributed by atoms with Gasteiger partial charge in [0.25, 0.3) is 0 Å². The van der Waals surface area contributed by atoms with Gasteiger partial charge >= 0.3 is 7.02 Å². The third-order valence-electron chi connectivity index (χ3n) is 8.51. The van der Waals surface area contributed by atoms with Crippen LogP contribution in [0.3, 0.4) is 0 Å². The van der Waals surface area contributed by atoms with Crippen LogP contribution in [0, 0.1) is 0 Å². The Kier molecular flexibility index (Phi) is 5.79. The van der Waals surface area contributed by atoms with Crippen molar-refractivity contribution >= 4 is 132 Å². The third kappa shape index (κ3) is 3.90. The molecule has 0 aliphatic carbocycles. The SMILES string of the molecule is Clc1ccc2c(c1)C1=NC2=Nc2c3cc(Cl)ccc3c3n2[Si](Cl)(Cl)n2c(c4ccc(Cl)cc4c2=NC2=NC(=N3)c3cc(Cl)ccc32)=N1. The molecular weight excluding hydrogens is 737 g/mol. The second-order valence-corrected chi connectivity index (χ2v) is 18.6. The topological polar surface area (TPSA) is 84.0 Å². The molecule has 4 aliphatic rings. The van der Waals surface area contributed by atoms with Gasteiger partial charge in [-0.25, -0.2) is 30.0 Å². The molecule has 0 amide bonds. The predicted octanol–water partition coefficient (Wildman–Crippen LogP) is 8.46. The van der Waals surface area contributed by atoms with Gasteiger partial charge < -0.3 is 0 Å². The first-order chi connectivity index (χ1) is 22.7. The Morgan fingerprint density at radius 1 is 0.404 bits per heavy atom. The Morgan fingerprint density at radius 3 is 1.49 bits per heavy atom. The molecule has 0 saturated carbocycles. The molecule has 8 nitrogen and oxygen atoms in total. The predicted molar refractivity (Wildman–Crippen MR) is 193 cm³/mol. The second kappa shape index (κ2) is 9.64. The summed E-state index contributed by atoms with van der Waals surface area (Å²) in [4.78, 5) is 30.4. The van der Waals surface area contributed by atoms with Crippen molar-refractivity contribution in [2.24, 2.45) is 30.0 Å². The lowest BCUT2D eigenvalue weighted by Gasteiger charge is -2.24. The lowest BCUT2D eigenvalue weighted by atomic mass is 10.1. The van der Waals surface area contributed by atoms with Crippen LogP contribution >= 0.6 is 68.6 Å². The summed E-state index contributed by atoms with van der Waals surface area (Å²) in [5.41, 5.74) is 3.77. The van der Waals surface area contributed by atoms with Gasteiger partial charge in [-0.1, -0.05) is 68.6 Å². The minimum Gasteiger partial charge on any atom is -0.294 e. The van der Waals surface area contributed by atoms with Crippen LogP contribution in [0.2, 0.25) is 20.1 Å². The van der Waals surface area contributed by atoms with Crippen molar-refractivity contribution in [1.29, 1.82) is 0 Å². The van der Waals surface area contributed by atoms with E-state index in [0.717, 1.165) is 11.1 Å². The lowest BCUT2D eigenvalue weighted by Crippen LogP contribution is -2.51. The first-order valence-corrected chi connectivity index (χ1v) is 19.5. The highest BCUT2D eigenvalue weighted by Gasteiger charge is 2.45. The normalized spacial score (nSPS) is 16.5. The molecule has 10 rings (SSSR count). The molecule has 6 aromatic rings. The number of amidine groups is 4. The molecule has 4 aromatic carbocycles. The molecule has 4 aliphatic heterocycles. The van der Waals surface area contributed by atoms with Crippen molar-refractivity contribution in [2.45, 2.75) is 0 Å². The quantitative estimate of drug-likeness (QED) is 0.110. The fourth-order valence-corrected chi connectivity index (χ4v) is 11.0. The molecule has 0 unspecified atom stereocenters. The van der Waals surface area contributed by atoms with Crippen LogP contribution in [0.4, 0.5) is 11.6 Å². The van der Waals surface area contributed by atoms with Gasteiger partial charge in [-0.2, -0.15) is 0 Å². The van der Waals surface area contributed by atoms with Gasteiger partial charge in [-0.3, -0.25) is 8.47 Å². The number of halogens is 6. The maximum Gasteiger partial charge on any atom is 0.483 e. The number of aliphatic imine (C=N–C) groups is 4. The molecule has 47 heavy (non-hydrogen) atoms. The van der Waals surface area contributed by atoms with Gasteiger partial charge in [0.05, 0.1) is 0 Å². The van der Waals surface area contributed by atoms with Crippen molar-refractivity contribution in [1.82, 2.24) is 8.47 Å². The number of aromatic nitrogens is 2. The highest BCUT2D eigenvalue weighted by molar-refractivity contribution is 7.44. The van der Waals surface area contributed by atoms with Crippen LogP contribution in [-0.4, -0.2) is 38.8 Å². The first kappa shape index (κ1) is 28.2. The van der Waals surface area contributed by atoms with Crippen molar-refractivity contribution in [3.63, 3.8) is 0 Å². The van der Waals surface area contributed by atoms with Crippen LogP contribution < -0.4 is 11.0 Å². The largest absolute Gasteiger partial charge is 0.483 e. The van der Waals surface area contributed by atoms with Crippen molar-refractivity contribution < 1.29 is 0 Å². The van der Waals surface area contributed by atoms with Crippen molar-refractivity contribution in [3.05, 3.63) is 126 Å². The number of hydrogen-bond donors (Lipinski definition) is 0. The van der Waals surface area contributed by atoms with Crippen molar-refractivity contribution in [3.8, 4) is 0 Å². The van der Waals surface area contributed by atoms with E-state index >= 15 is 0 Å². The molecule has 15 heteroatoms. The molecule has 0 atom stereocenters. The fourth-order valence-electron chi connectivity index (χ4n) is 6.50. The van der Waals surface area contributed by atoms with E-state index in [-0.39, 0.29) is 0 Å². The summed E-state index contributed by atoms with van der Waals surface area (Å²) in [6.07, 6.45) is 0. The summed E-state index contributed by atoms with van der Waals surface area (Å²) in [6, 6.07) is 21.9. The molecule has 2 aromatic heterocycles. The molecule has 0 radical (unpaired) electrons. The Bertz CT molecular complexity index is 2770. The molecule has 226 valence electrons. The number of fused-ring (bicyclic) bond motifs is 14. The number of nitrogens with zero attached hydrogens (tertiary/aromatic N) is 8. The van der Waals surface area contributed by atoms with Gasteiger partial charge in [0.2, 0.25) is 0 Å². The van der Waals surface area contributed by atoms with Gasteiger partial charge in [0.15, 0.2) is 23.3 Å². The molecule has 0 spiro atoms. The maximum absolute atomic E-state index is 7.80. The zero-order valence-electron chi connectivity index (χ0n) is 23.3. The second-order valence-electron chi connectivity index (χ2n) is 11.2. The van der Waals surface area contributed by atoms with Crippen LogP contribution in [0.5, 0.6) is 0 Å². The van der Waals surface area contributed by atoms with E-state index in [4.69, 9.17) is 98.5 Å². The minimum atomic E-state index is -4.05. The van der Waals surface area contributed by atoms with E-state index in [9.17, 15) is 0 Å². The van der Waals surface area contributed by atoms with Crippen LogP contribution in [0.15, 0.2) is 103 Å². The van der Waals surface area contributed by atoms with Gasteiger partial charge in [-0.05, 0) is 72.8 Å². The lowest BCUT2D eigenvalue weighted by molar-refractivity contribution is 0.973. The maximum atomic E-state index is 7.80. The van der Waals surface area contributed by atoms with Gasteiger partial charge in [-0.15, -0.1) is 0 Å². The van der Waals surface area contributed by atoms with E-state index in [0.29, 0.717) is 98.7 Å². The standard InChI is InChI=1S/C32H12Cl6N8Si/c33-13-1-5-17-21(9-13)27-39-25(17)41-31-23-11-15(35)3-7-19(23)30-44-28-22-10-14(34)2-6-18(22)26(40-28)42-32-24-12-16(36)4-8-20(24)29(43-27)46(32)47(37,38)45(30)31/h1-12H. The molecule has 6 heterocycles. The highest BCUT2D eigenvalue weighted by atomic mass is 35.7. The highest BCUT2D eigenvalue weighted by Crippen LogP contribution is 2.45. The van der Waals surface area contributed by atoms with Crippen molar-refractivity contribution in [2.75, 3.05) is 0 Å². The fraction of sp³-hybridized carbons (Fsp3) is 0. The molecule has 0 fully saturated rings. The summed E-state index contributed by atoms with van der Waals surface area (Å²) < 4.78 is 3.54. The average Bonchev–Trinajstić information content (AvgIpc) is 3.72. The van der Waals surface area contributed by atoms with E-state index in [1.807, 2.05) is 48.5 Å². The Hall–Kier alpha value is -3.80.